The van der Waals surface area contributed by atoms with Crippen LogP contribution >= 0.6 is 0 Å². The number of halogens is 1. The van der Waals surface area contributed by atoms with E-state index in [-0.39, 0.29) is 40.7 Å². The minimum absolute atomic E-state index is 0.0530. The van der Waals surface area contributed by atoms with Crippen molar-refractivity contribution in [3.8, 4) is 23.1 Å². The summed E-state index contributed by atoms with van der Waals surface area (Å²) in [5.74, 6) is -0.147. The molecule has 5 rings (SSSR count). The van der Waals surface area contributed by atoms with Crippen LogP contribution in [0, 0.1) is 5.82 Å². The van der Waals surface area contributed by atoms with Crippen molar-refractivity contribution in [3.63, 3.8) is 0 Å². The number of anilines is 2. The largest absolute Gasteiger partial charge is 0.493 e. The number of hydrogen-bond acceptors (Lipinski definition) is 10. The van der Waals surface area contributed by atoms with Gasteiger partial charge in [0.25, 0.3) is 0 Å². The highest BCUT2D eigenvalue weighted by Crippen LogP contribution is 2.37. The maximum atomic E-state index is 15.4. The molecule has 0 radical (unpaired) electrons. The average molecular weight is 653 g/mol. The highest BCUT2D eigenvalue weighted by atomic mass is 19.1. The molecule has 1 saturated heterocycles. The summed E-state index contributed by atoms with van der Waals surface area (Å²) < 4.78 is 62.1. The SMILES string of the molecule is [2H]C([2H])([2H])Oc1cc2ncnc(Nc3ccc(Oc4ccn(C(=O)NC(C)(C)C)n4)cc3F)c2cc1OC1CCN(C(=O)OC(C)(C)C)CC1. The van der Waals surface area contributed by atoms with Crippen molar-refractivity contribution >= 4 is 34.5 Å². The summed E-state index contributed by atoms with van der Waals surface area (Å²) in [5, 5.41) is 10.2. The number of likely N-dealkylation sites (tertiary alicyclic amines) is 1. The van der Waals surface area contributed by atoms with Gasteiger partial charge in [-0.1, -0.05) is 0 Å². The van der Waals surface area contributed by atoms with Gasteiger partial charge in [-0.25, -0.2) is 23.9 Å². The lowest BCUT2D eigenvalue weighted by Gasteiger charge is -2.33. The summed E-state index contributed by atoms with van der Waals surface area (Å²) in [4.78, 5) is 35.0. The van der Waals surface area contributed by atoms with E-state index in [0.29, 0.717) is 36.8 Å². The number of nitrogens with one attached hydrogen (secondary N) is 2. The molecule has 1 fully saturated rings. The molecule has 0 aliphatic carbocycles. The number of ether oxygens (including phenoxy) is 4. The first-order valence-electron chi connectivity index (χ1n) is 16.6. The summed E-state index contributed by atoms with van der Waals surface area (Å²) in [6.07, 6.45) is 2.83. The van der Waals surface area contributed by atoms with E-state index in [1.165, 1.54) is 36.8 Å². The van der Waals surface area contributed by atoms with Crippen molar-refractivity contribution in [2.75, 3.05) is 25.4 Å². The zero-order chi connectivity index (χ0) is 36.4. The molecule has 2 aromatic heterocycles. The van der Waals surface area contributed by atoms with Gasteiger partial charge in [0.05, 0.1) is 22.4 Å². The predicted octanol–water partition coefficient (Wildman–Crippen LogP) is 6.64. The van der Waals surface area contributed by atoms with Gasteiger partial charge < -0.3 is 34.5 Å². The molecule has 14 heteroatoms. The average Bonchev–Trinajstić information content (AvgIpc) is 3.46. The summed E-state index contributed by atoms with van der Waals surface area (Å²) in [6, 6.07) is 8.12. The number of nitrogens with zero attached hydrogens (tertiary/aromatic N) is 5. The Morgan fingerprint density at radius 2 is 1.79 bits per heavy atom. The van der Waals surface area contributed by atoms with Crippen molar-refractivity contribution in [1.82, 2.24) is 30.0 Å². The van der Waals surface area contributed by atoms with Crippen LogP contribution in [0.5, 0.6) is 23.1 Å². The van der Waals surface area contributed by atoms with Crippen molar-refractivity contribution < 1.29 is 37.0 Å². The van der Waals surface area contributed by atoms with Gasteiger partial charge in [-0.15, -0.1) is 5.10 Å². The third kappa shape index (κ3) is 8.57. The number of amides is 2. The number of methoxy groups -OCH3 is 1. The second-order valence-electron chi connectivity index (χ2n) is 13.1. The third-order valence-electron chi connectivity index (χ3n) is 6.87. The van der Waals surface area contributed by atoms with Gasteiger partial charge in [0.1, 0.15) is 35.4 Å². The molecule has 4 aromatic rings. The van der Waals surface area contributed by atoms with Crippen LogP contribution in [0.15, 0.2) is 48.9 Å². The molecule has 13 nitrogen and oxygen atoms in total. The van der Waals surface area contributed by atoms with Gasteiger partial charge in [-0.05, 0) is 59.7 Å². The zero-order valence-corrected chi connectivity index (χ0v) is 27.1. The number of fused-ring (bicyclic) bond motifs is 1. The van der Waals surface area contributed by atoms with E-state index in [4.69, 9.17) is 23.1 Å². The van der Waals surface area contributed by atoms with Crippen LogP contribution in [-0.2, 0) is 4.74 Å². The molecular weight excluding hydrogens is 609 g/mol. The first-order valence-corrected chi connectivity index (χ1v) is 15.1. The van der Waals surface area contributed by atoms with Gasteiger partial charge in [0, 0.05) is 61.3 Å². The molecule has 2 amide bonds. The fraction of sp³-hybridized carbons (Fsp3) is 0.424. The number of carbonyl (C=O) groups excluding carboxylic acids is 2. The summed E-state index contributed by atoms with van der Waals surface area (Å²) in [6.45, 7) is 11.7. The number of carbonyl (C=O) groups is 2. The third-order valence-corrected chi connectivity index (χ3v) is 6.87. The Hall–Kier alpha value is -5.14. The highest BCUT2D eigenvalue weighted by molar-refractivity contribution is 5.93. The summed E-state index contributed by atoms with van der Waals surface area (Å²) >= 11 is 0. The number of aromatic nitrogens is 4. The summed E-state index contributed by atoms with van der Waals surface area (Å²) in [7, 11) is -2.77. The van der Waals surface area contributed by atoms with Crippen LogP contribution in [0.2, 0.25) is 0 Å². The first-order chi connectivity index (χ1) is 23.3. The van der Waals surface area contributed by atoms with E-state index in [1.54, 1.807) is 31.7 Å². The number of hydrogen-bond donors (Lipinski definition) is 2. The van der Waals surface area contributed by atoms with Crippen LogP contribution < -0.4 is 24.8 Å². The fourth-order valence-corrected chi connectivity index (χ4v) is 4.76. The van der Waals surface area contributed by atoms with Crippen molar-refractivity contribution in [2.24, 2.45) is 0 Å². The van der Waals surface area contributed by atoms with Crippen LogP contribution in [0.25, 0.3) is 10.9 Å². The molecular formula is C33H40FN7O6. The number of benzene rings is 2. The Balaban J connectivity index is 1.33. The monoisotopic (exact) mass is 652 g/mol. The lowest BCUT2D eigenvalue weighted by molar-refractivity contribution is 0.0124. The normalized spacial score (nSPS) is 15.3. The van der Waals surface area contributed by atoms with E-state index in [9.17, 15) is 9.59 Å². The number of piperidine rings is 1. The quantitative estimate of drug-likeness (QED) is 0.223. The molecule has 1 aliphatic heterocycles. The topological polar surface area (TPSA) is 142 Å². The lowest BCUT2D eigenvalue weighted by Crippen LogP contribution is -2.44. The van der Waals surface area contributed by atoms with Gasteiger partial charge in [0.2, 0.25) is 5.88 Å². The first kappa shape index (κ1) is 29.3. The van der Waals surface area contributed by atoms with Crippen molar-refractivity contribution in [1.29, 1.82) is 0 Å². The minimum atomic E-state index is -2.77. The molecule has 2 N–H and O–H groups in total. The van der Waals surface area contributed by atoms with Gasteiger partial charge in [0.15, 0.2) is 11.5 Å². The standard InChI is InChI=1S/C33H40FN7O6/c1-32(2,3)38-30(42)41-15-12-28(39-41)46-21-8-9-24(23(34)16-21)37-29-22-17-27(26(44-7)18-25(22)35-19-36-29)45-20-10-13-40(14-11-20)31(43)47-33(4,5)6/h8-9,12,15-20H,10-11,13-14H2,1-7H3,(H,38,42)(H,35,36,37)/i7D3. The second-order valence-corrected chi connectivity index (χ2v) is 13.1. The molecule has 0 bridgehead atoms. The van der Waals surface area contributed by atoms with Crippen LogP contribution in [-0.4, -0.2) is 74.1 Å². The fourth-order valence-electron chi connectivity index (χ4n) is 4.76. The Labute approximate surface area is 276 Å². The number of rotatable bonds is 7. The molecule has 0 spiro atoms. The summed E-state index contributed by atoms with van der Waals surface area (Å²) in [5.41, 5.74) is -0.704. The van der Waals surface area contributed by atoms with Crippen LogP contribution in [0.3, 0.4) is 0 Å². The smallest absolute Gasteiger partial charge is 0.410 e. The lowest BCUT2D eigenvalue weighted by atomic mass is 10.1. The Morgan fingerprint density at radius 3 is 2.47 bits per heavy atom. The van der Waals surface area contributed by atoms with Crippen molar-refractivity contribution in [2.45, 2.75) is 71.6 Å². The molecule has 3 heterocycles. The maximum absolute atomic E-state index is 15.4. The Morgan fingerprint density at radius 1 is 1.02 bits per heavy atom. The maximum Gasteiger partial charge on any atom is 0.410 e. The molecule has 2 aromatic carbocycles. The van der Waals surface area contributed by atoms with Gasteiger partial charge in [-0.2, -0.15) is 4.68 Å². The van der Waals surface area contributed by atoms with E-state index < -0.39 is 36.1 Å². The van der Waals surface area contributed by atoms with E-state index in [2.05, 4.69) is 25.7 Å². The van der Waals surface area contributed by atoms with Gasteiger partial charge >= 0.3 is 12.1 Å². The van der Waals surface area contributed by atoms with Crippen LogP contribution in [0.4, 0.5) is 25.5 Å². The minimum Gasteiger partial charge on any atom is -0.493 e. The highest BCUT2D eigenvalue weighted by Gasteiger charge is 2.28. The molecule has 0 saturated carbocycles. The Kier molecular flexibility index (Phi) is 8.29. The molecule has 47 heavy (non-hydrogen) atoms. The molecule has 250 valence electrons. The molecule has 1 aliphatic rings. The Bertz CT molecular complexity index is 1870. The zero-order valence-electron chi connectivity index (χ0n) is 30.1. The molecule has 0 unspecified atom stereocenters. The predicted molar refractivity (Wildman–Crippen MR) is 173 cm³/mol. The van der Waals surface area contributed by atoms with E-state index in [0.717, 1.165) is 10.7 Å². The van der Waals surface area contributed by atoms with E-state index >= 15 is 4.39 Å². The van der Waals surface area contributed by atoms with Gasteiger partial charge in [-0.3, -0.25) is 0 Å². The van der Waals surface area contributed by atoms with Crippen LogP contribution in [0.1, 0.15) is 58.5 Å². The van der Waals surface area contributed by atoms with E-state index in [1.807, 2.05) is 20.8 Å². The second kappa shape index (κ2) is 13.3. The molecule has 0 atom stereocenters. The van der Waals surface area contributed by atoms with Crippen molar-refractivity contribution in [3.05, 3.63) is 54.7 Å².